The third kappa shape index (κ3) is 14.2. The molecule has 0 N–H and O–H groups in total. The molecule has 0 aromatic carbocycles. The number of ether oxygens (including phenoxy) is 8. The van der Waals surface area contributed by atoms with Crippen LogP contribution in [0.2, 0.25) is 0 Å². The van der Waals surface area contributed by atoms with Gasteiger partial charge in [-0.25, -0.2) is 0 Å². The minimum atomic E-state index is -0.752. The number of rotatable bonds is 4. The Kier molecular flexibility index (Phi) is 20.2. The van der Waals surface area contributed by atoms with Gasteiger partial charge in [0.05, 0.1) is 54.9 Å². The second-order valence-corrected chi connectivity index (χ2v) is 6.98. The predicted molar refractivity (Wildman–Crippen MR) is 122 cm³/mol. The van der Waals surface area contributed by atoms with Gasteiger partial charge in [0.15, 0.2) is 0 Å². The molecule has 42 heavy (non-hydrogen) atoms. The van der Waals surface area contributed by atoms with Gasteiger partial charge < -0.3 is 59.2 Å². The Morgan fingerprint density at radius 1 is 0.476 bits per heavy atom. The number of nitrogens with zero attached hydrogens (tertiary/aromatic N) is 4. The maximum absolute atomic E-state index is 10.6. The summed E-state index contributed by atoms with van der Waals surface area (Å²) in [5.74, 6) is -2.14. The van der Waals surface area contributed by atoms with Gasteiger partial charge in [0.25, 0.3) is 23.9 Å². The first kappa shape index (κ1) is 40.3. The van der Waals surface area contributed by atoms with Crippen molar-refractivity contribution in [3.05, 3.63) is 21.3 Å². The van der Waals surface area contributed by atoms with E-state index in [9.17, 15) is 38.4 Å². The molecule has 4 rings (SSSR count). The molecule has 20 nitrogen and oxygen atoms in total. The summed E-state index contributed by atoms with van der Waals surface area (Å²) in [5, 5.41) is 13.3. The van der Waals surface area contributed by atoms with Crippen molar-refractivity contribution < 1.29 is 115 Å². The Bertz CT molecular complexity index is 832. The number of amides is 4. The SMILES string of the molecule is COC(=O)[C@H]1COC(=O)[N-]1.COC(=O)[C@H]1COC(=O)[N-]1.COC(=O)[C@H]1COC(=O)[N-]1.COC(=O)[C@H]1COC(=O)[N-]1.[Rh+2].[Rh+2]. The summed E-state index contributed by atoms with van der Waals surface area (Å²) in [6.07, 6.45) is -2.79. The fraction of sp³-hybridized carbons (Fsp3) is 0.600. The summed E-state index contributed by atoms with van der Waals surface area (Å²) in [6.45, 7) is 0.0219. The fourth-order valence-electron chi connectivity index (χ4n) is 2.44. The van der Waals surface area contributed by atoms with Crippen molar-refractivity contribution in [3.8, 4) is 0 Å². The average Bonchev–Trinajstić information content (AvgIpc) is 3.77. The summed E-state index contributed by atoms with van der Waals surface area (Å²) in [4.78, 5) is 83.6. The molecule has 0 saturated carbocycles. The van der Waals surface area contributed by atoms with Crippen LogP contribution >= 0.6 is 0 Å². The normalized spacial score (nSPS) is 22.2. The first-order chi connectivity index (χ1) is 18.9. The molecule has 4 atom stereocenters. The number of methoxy groups -OCH3 is 4. The van der Waals surface area contributed by atoms with Gasteiger partial charge in [0.2, 0.25) is 24.4 Å². The standard InChI is InChI=1S/4C5H7NO4.2Rh/c4*1-9-4(7)3-2-10-5(8)6-3;;/h4*3H,2H2,1H3,(H,6,8);;/q;;;;2*+2/p-4/t4*3-;;/m1111../s1. The fourth-order valence-corrected chi connectivity index (χ4v) is 2.44. The molecule has 4 aliphatic rings. The first-order valence-electron chi connectivity index (χ1n) is 10.8. The van der Waals surface area contributed by atoms with Crippen LogP contribution in [-0.4, -0.2) is 127 Å². The molecule has 4 amide bonds. The monoisotopic (exact) mass is 782 g/mol. The Morgan fingerprint density at radius 2 is 0.643 bits per heavy atom. The molecule has 4 heterocycles. The Balaban J connectivity index is 0. The molecule has 238 valence electrons. The molecule has 2 radical (unpaired) electrons. The van der Waals surface area contributed by atoms with Gasteiger partial charge in [-0.3, -0.25) is 38.4 Å². The molecular weight excluding hydrogens is 758 g/mol. The van der Waals surface area contributed by atoms with Crippen LogP contribution in [0.1, 0.15) is 0 Å². The van der Waals surface area contributed by atoms with E-state index >= 15 is 0 Å². The topological polar surface area (TPSA) is 267 Å². The van der Waals surface area contributed by atoms with Crippen LogP contribution in [0.5, 0.6) is 0 Å². The molecule has 0 spiro atoms. The van der Waals surface area contributed by atoms with E-state index in [-0.39, 0.29) is 65.4 Å². The van der Waals surface area contributed by atoms with Crippen molar-refractivity contribution in [2.45, 2.75) is 24.2 Å². The van der Waals surface area contributed by atoms with E-state index in [1.54, 1.807) is 0 Å². The van der Waals surface area contributed by atoms with E-state index in [4.69, 9.17) is 0 Å². The molecule has 0 aromatic heterocycles. The zero-order chi connectivity index (χ0) is 30.2. The number of carbonyl (C=O) groups is 8. The van der Waals surface area contributed by atoms with Gasteiger partial charge in [-0.05, 0) is 0 Å². The molecular formula is C20H24N4O16Rh2. The predicted octanol–water partition coefficient (Wildman–Crippen LogP) is 0.203. The maximum Gasteiger partial charge on any atom is 2.00 e. The first-order valence-corrected chi connectivity index (χ1v) is 10.8. The molecule has 4 saturated heterocycles. The van der Waals surface area contributed by atoms with Crippen LogP contribution in [0.3, 0.4) is 0 Å². The number of hydrogen-bond donors (Lipinski definition) is 0. The van der Waals surface area contributed by atoms with Gasteiger partial charge in [-0.15, -0.1) is 0 Å². The van der Waals surface area contributed by atoms with E-state index < -0.39 is 72.4 Å². The van der Waals surface area contributed by atoms with Gasteiger partial charge in [0.1, 0.15) is 0 Å². The second kappa shape index (κ2) is 21.0. The molecule has 4 aliphatic heterocycles. The summed E-state index contributed by atoms with van der Waals surface area (Å²) in [7, 11) is 4.95. The van der Waals surface area contributed by atoms with Gasteiger partial charge in [0, 0.05) is 24.2 Å². The Labute approximate surface area is 263 Å². The molecule has 0 unspecified atom stereocenters. The number of esters is 4. The summed E-state index contributed by atoms with van der Waals surface area (Å²) < 4.78 is 34.8. The largest absolute Gasteiger partial charge is 2.00 e. The van der Waals surface area contributed by atoms with E-state index in [1.807, 2.05) is 0 Å². The third-order valence-corrected chi connectivity index (χ3v) is 4.40. The van der Waals surface area contributed by atoms with Crippen molar-refractivity contribution in [2.75, 3.05) is 54.9 Å². The summed E-state index contributed by atoms with van der Waals surface area (Å²) >= 11 is 0. The number of carbonyl (C=O) groups excluding carboxylic acids is 8. The van der Waals surface area contributed by atoms with E-state index in [2.05, 4.69) is 59.2 Å². The molecule has 4 fully saturated rings. The number of cyclic esters (lactones) is 4. The van der Waals surface area contributed by atoms with Crippen LogP contribution < -0.4 is 0 Å². The molecule has 0 bridgehead atoms. The van der Waals surface area contributed by atoms with Gasteiger partial charge in [-0.1, -0.05) is 0 Å². The van der Waals surface area contributed by atoms with E-state index in [0.29, 0.717) is 0 Å². The minimum Gasteiger partial charge on any atom is -0.603 e. The van der Waals surface area contributed by atoms with Crippen LogP contribution in [0.15, 0.2) is 0 Å². The van der Waals surface area contributed by atoms with E-state index in [1.165, 1.54) is 28.4 Å². The zero-order valence-corrected chi connectivity index (χ0v) is 25.4. The van der Waals surface area contributed by atoms with Crippen LogP contribution in [0.25, 0.3) is 21.3 Å². The van der Waals surface area contributed by atoms with Crippen molar-refractivity contribution in [1.29, 1.82) is 0 Å². The van der Waals surface area contributed by atoms with Crippen molar-refractivity contribution >= 4 is 48.3 Å². The molecule has 0 aliphatic carbocycles. The van der Waals surface area contributed by atoms with Crippen molar-refractivity contribution in [2.24, 2.45) is 0 Å². The van der Waals surface area contributed by atoms with Crippen molar-refractivity contribution in [3.63, 3.8) is 0 Å². The number of hydrogen-bond acceptors (Lipinski definition) is 16. The van der Waals surface area contributed by atoms with Crippen LogP contribution in [0.4, 0.5) is 19.2 Å². The third-order valence-electron chi connectivity index (χ3n) is 4.40. The van der Waals surface area contributed by atoms with Crippen LogP contribution in [-0.2, 0) is 96.0 Å². The summed E-state index contributed by atoms with van der Waals surface area (Å²) in [5.41, 5.74) is 0. The average molecular weight is 782 g/mol. The molecule has 22 heteroatoms. The van der Waals surface area contributed by atoms with E-state index in [0.717, 1.165) is 0 Å². The van der Waals surface area contributed by atoms with Gasteiger partial charge in [-0.2, -0.15) is 0 Å². The summed E-state index contributed by atoms with van der Waals surface area (Å²) in [6, 6.07) is -3.01. The smallest absolute Gasteiger partial charge is 0.603 e. The minimum absolute atomic E-state index is 0. The maximum atomic E-state index is 10.6. The van der Waals surface area contributed by atoms with Gasteiger partial charge >= 0.3 is 39.0 Å². The quantitative estimate of drug-likeness (QED) is 0.209. The zero-order valence-electron chi connectivity index (χ0n) is 22.1. The van der Waals surface area contributed by atoms with Crippen LogP contribution in [0, 0.1) is 0 Å². The molecule has 0 aromatic rings. The Morgan fingerprint density at radius 3 is 0.738 bits per heavy atom. The Hall–Kier alpha value is -3.79. The second-order valence-electron chi connectivity index (χ2n) is 6.98. The van der Waals surface area contributed by atoms with Crippen molar-refractivity contribution in [1.82, 2.24) is 0 Å².